The SMILES string of the molecule is O=CCC1(C(F)(F)F)c2cc(Cl)ccc2Nc2ncccc21. The molecule has 2 heterocycles. The zero-order valence-corrected chi connectivity index (χ0v) is 11.9. The molecule has 1 atom stereocenters. The van der Waals surface area contributed by atoms with Crippen molar-refractivity contribution in [2.75, 3.05) is 5.32 Å². The van der Waals surface area contributed by atoms with E-state index in [1.54, 1.807) is 0 Å². The van der Waals surface area contributed by atoms with E-state index in [4.69, 9.17) is 11.6 Å². The predicted molar refractivity (Wildman–Crippen MR) is 76.5 cm³/mol. The van der Waals surface area contributed by atoms with Crippen LogP contribution < -0.4 is 5.32 Å². The Labute approximate surface area is 129 Å². The van der Waals surface area contributed by atoms with Gasteiger partial charge >= 0.3 is 6.18 Å². The Morgan fingerprint density at radius 2 is 2.05 bits per heavy atom. The van der Waals surface area contributed by atoms with Crippen molar-refractivity contribution in [3.8, 4) is 0 Å². The van der Waals surface area contributed by atoms with Crippen LogP contribution in [0.5, 0.6) is 0 Å². The number of pyridine rings is 1. The van der Waals surface area contributed by atoms with Crippen LogP contribution in [0.4, 0.5) is 24.7 Å². The molecular formula is C15H10ClF3N2O. The molecule has 0 aliphatic carbocycles. The van der Waals surface area contributed by atoms with Crippen LogP contribution in [0.1, 0.15) is 17.5 Å². The number of rotatable bonds is 2. The van der Waals surface area contributed by atoms with Crippen molar-refractivity contribution in [1.29, 1.82) is 0 Å². The van der Waals surface area contributed by atoms with Gasteiger partial charge in [0.05, 0.1) is 0 Å². The van der Waals surface area contributed by atoms with Crippen LogP contribution >= 0.6 is 11.6 Å². The van der Waals surface area contributed by atoms with Gasteiger partial charge in [-0.3, -0.25) is 0 Å². The summed E-state index contributed by atoms with van der Waals surface area (Å²) in [6, 6.07) is 6.94. The third-order valence-corrected chi connectivity index (χ3v) is 4.07. The summed E-state index contributed by atoms with van der Waals surface area (Å²) >= 11 is 5.88. The molecule has 7 heteroatoms. The lowest BCUT2D eigenvalue weighted by molar-refractivity contribution is -0.180. The number of benzene rings is 1. The molecule has 1 N–H and O–H groups in total. The molecule has 3 rings (SSSR count). The fourth-order valence-corrected chi connectivity index (χ4v) is 3.04. The number of halogens is 4. The summed E-state index contributed by atoms with van der Waals surface area (Å²) in [5.74, 6) is 0.0940. The van der Waals surface area contributed by atoms with Crippen molar-refractivity contribution in [3.05, 3.63) is 52.7 Å². The van der Waals surface area contributed by atoms with Gasteiger partial charge in [0.15, 0.2) is 0 Å². The summed E-state index contributed by atoms with van der Waals surface area (Å²) < 4.78 is 42.0. The highest BCUT2D eigenvalue weighted by Gasteiger charge is 2.60. The largest absolute Gasteiger partial charge is 0.403 e. The number of hydrogen-bond acceptors (Lipinski definition) is 3. The van der Waals surface area contributed by atoms with Crippen LogP contribution in [0.15, 0.2) is 36.5 Å². The molecule has 0 fully saturated rings. The van der Waals surface area contributed by atoms with Gasteiger partial charge in [0.1, 0.15) is 17.5 Å². The normalized spacial score (nSPS) is 19.8. The molecule has 1 aliphatic heterocycles. The molecule has 3 nitrogen and oxygen atoms in total. The van der Waals surface area contributed by atoms with E-state index in [2.05, 4.69) is 10.3 Å². The molecule has 22 heavy (non-hydrogen) atoms. The molecule has 0 saturated heterocycles. The van der Waals surface area contributed by atoms with Gasteiger partial charge in [-0.1, -0.05) is 17.7 Å². The minimum absolute atomic E-state index is 0.0694. The minimum atomic E-state index is -4.67. The summed E-state index contributed by atoms with van der Waals surface area (Å²) in [7, 11) is 0. The van der Waals surface area contributed by atoms with Gasteiger partial charge in [-0.25, -0.2) is 4.98 Å². The minimum Gasteiger partial charge on any atom is -0.340 e. The summed E-state index contributed by atoms with van der Waals surface area (Å²) in [6.45, 7) is 0. The molecule has 1 unspecified atom stereocenters. The van der Waals surface area contributed by atoms with Crippen LogP contribution in [0.25, 0.3) is 0 Å². The average Bonchev–Trinajstić information content (AvgIpc) is 2.46. The zero-order chi connectivity index (χ0) is 16.0. The van der Waals surface area contributed by atoms with Crippen molar-refractivity contribution < 1.29 is 18.0 Å². The van der Waals surface area contributed by atoms with E-state index in [1.807, 2.05) is 0 Å². The van der Waals surface area contributed by atoms with Crippen LogP contribution in [0.3, 0.4) is 0 Å². The Bertz CT molecular complexity index is 748. The summed E-state index contributed by atoms with van der Waals surface area (Å²) in [4.78, 5) is 15.0. The predicted octanol–water partition coefficient (Wildman–Crippen LogP) is 4.23. The number of hydrogen-bond donors (Lipinski definition) is 1. The average molecular weight is 327 g/mol. The molecular weight excluding hydrogens is 317 g/mol. The number of aldehydes is 1. The maximum absolute atomic E-state index is 14.0. The fourth-order valence-electron chi connectivity index (χ4n) is 2.87. The molecule has 0 bridgehead atoms. The molecule has 0 radical (unpaired) electrons. The quantitative estimate of drug-likeness (QED) is 0.840. The molecule has 1 aliphatic rings. The van der Waals surface area contributed by atoms with Crippen LogP contribution in [0.2, 0.25) is 5.02 Å². The van der Waals surface area contributed by atoms with Gasteiger partial charge in [-0.15, -0.1) is 0 Å². The monoisotopic (exact) mass is 326 g/mol. The highest BCUT2D eigenvalue weighted by molar-refractivity contribution is 6.30. The molecule has 1 aromatic carbocycles. The second-order valence-corrected chi connectivity index (χ2v) is 5.42. The third kappa shape index (κ3) is 1.98. The number of fused-ring (bicyclic) bond motifs is 2. The second kappa shape index (κ2) is 4.98. The fraction of sp³-hybridized carbons (Fsp3) is 0.200. The van der Waals surface area contributed by atoms with Gasteiger partial charge in [0.25, 0.3) is 0 Å². The van der Waals surface area contributed by atoms with E-state index in [0.29, 0.717) is 0 Å². The first-order valence-corrected chi connectivity index (χ1v) is 6.81. The van der Waals surface area contributed by atoms with Gasteiger partial charge in [0, 0.05) is 28.9 Å². The summed E-state index contributed by atoms with van der Waals surface area (Å²) in [6.07, 6.45) is -3.73. The first-order chi connectivity index (χ1) is 10.4. The number of aromatic nitrogens is 1. The maximum atomic E-state index is 14.0. The van der Waals surface area contributed by atoms with Crippen LogP contribution in [-0.4, -0.2) is 17.4 Å². The molecule has 114 valence electrons. The van der Waals surface area contributed by atoms with Crippen molar-refractivity contribution in [2.24, 2.45) is 0 Å². The highest BCUT2D eigenvalue weighted by Crippen LogP contribution is 2.55. The van der Waals surface area contributed by atoms with Gasteiger partial charge in [-0.05, 0) is 29.8 Å². The Morgan fingerprint density at radius 3 is 2.73 bits per heavy atom. The van der Waals surface area contributed by atoms with Crippen LogP contribution in [0, 0.1) is 0 Å². The van der Waals surface area contributed by atoms with E-state index < -0.39 is 18.0 Å². The van der Waals surface area contributed by atoms with Gasteiger partial charge in [0.2, 0.25) is 0 Å². The van der Waals surface area contributed by atoms with E-state index in [-0.39, 0.29) is 33.9 Å². The van der Waals surface area contributed by atoms with E-state index >= 15 is 0 Å². The topological polar surface area (TPSA) is 42.0 Å². The Balaban J connectivity index is 2.41. The first kappa shape index (κ1) is 14.8. The van der Waals surface area contributed by atoms with Crippen molar-refractivity contribution in [1.82, 2.24) is 4.98 Å². The Morgan fingerprint density at radius 1 is 1.27 bits per heavy atom. The number of anilines is 2. The first-order valence-electron chi connectivity index (χ1n) is 6.43. The van der Waals surface area contributed by atoms with Crippen molar-refractivity contribution >= 4 is 29.4 Å². The maximum Gasteiger partial charge on any atom is 0.403 e. The van der Waals surface area contributed by atoms with Crippen molar-refractivity contribution in [3.63, 3.8) is 0 Å². The van der Waals surface area contributed by atoms with E-state index in [9.17, 15) is 18.0 Å². The molecule has 0 amide bonds. The Kier molecular flexibility index (Phi) is 3.36. The lowest BCUT2D eigenvalue weighted by Gasteiger charge is -2.40. The summed E-state index contributed by atoms with van der Waals surface area (Å²) in [5.41, 5.74) is -2.36. The molecule has 1 aromatic heterocycles. The number of carbonyl (C=O) groups excluding carboxylic acids is 1. The second-order valence-electron chi connectivity index (χ2n) is 4.99. The Hall–Kier alpha value is -2.08. The molecule has 0 spiro atoms. The zero-order valence-electron chi connectivity index (χ0n) is 11.1. The van der Waals surface area contributed by atoms with Gasteiger partial charge in [-0.2, -0.15) is 13.2 Å². The third-order valence-electron chi connectivity index (χ3n) is 3.84. The number of alkyl halides is 3. The number of nitrogens with one attached hydrogen (secondary N) is 1. The lowest BCUT2D eigenvalue weighted by Crippen LogP contribution is -2.46. The van der Waals surface area contributed by atoms with Crippen molar-refractivity contribution in [2.45, 2.75) is 18.0 Å². The standard InChI is InChI=1S/C15H10ClF3N2O/c16-9-3-4-12-11(8-9)14(5-7-22,15(17,18)19)10-2-1-6-20-13(10)21-12/h1-4,6-8H,5H2,(H,20,21). The smallest absolute Gasteiger partial charge is 0.340 e. The molecule has 2 aromatic rings. The van der Waals surface area contributed by atoms with Crippen LogP contribution in [-0.2, 0) is 10.2 Å². The lowest BCUT2D eigenvalue weighted by atomic mass is 9.69. The van der Waals surface area contributed by atoms with E-state index in [1.165, 1.54) is 36.5 Å². The summed E-state index contributed by atoms with van der Waals surface area (Å²) in [5, 5.41) is 3.04. The number of carbonyl (C=O) groups is 1. The highest BCUT2D eigenvalue weighted by atomic mass is 35.5. The van der Waals surface area contributed by atoms with Gasteiger partial charge < -0.3 is 10.1 Å². The van der Waals surface area contributed by atoms with E-state index in [0.717, 1.165) is 0 Å². The molecule has 0 saturated carbocycles. The number of nitrogens with zero attached hydrogens (tertiary/aromatic N) is 1.